The molecular weight excluding hydrogens is 240 g/mol. The van der Waals surface area contributed by atoms with Gasteiger partial charge in [0.05, 0.1) is 18.3 Å². The summed E-state index contributed by atoms with van der Waals surface area (Å²) in [6, 6.07) is 0. The minimum absolute atomic E-state index is 0.251. The van der Waals surface area contributed by atoms with Gasteiger partial charge in [0.15, 0.2) is 0 Å². The molecule has 1 aliphatic heterocycles. The molecular formula is C16H30O3. The molecule has 0 spiro atoms. The Kier molecular flexibility index (Phi) is 4.91. The van der Waals surface area contributed by atoms with E-state index in [1.165, 1.54) is 0 Å². The van der Waals surface area contributed by atoms with Crippen molar-refractivity contribution in [1.29, 1.82) is 0 Å². The number of rotatable bonds is 4. The highest BCUT2D eigenvalue weighted by Gasteiger charge is 2.47. The Morgan fingerprint density at radius 3 is 2.47 bits per heavy atom. The Morgan fingerprint density at radius 1 is 1.26 bits per heavy atom. The first-order valence-corrected chi connectivity index (χ1v) is 7.89. The molecule has 1 saturated carbocycles. The van der Waals surface area contributed by atoms with Gasteiger partial charge in [-0.05, 0) is 50.9 Å². The fourth-order valence-corrected chi connectivity index (χ4v) is 3.61. The van der Waals surface area contributed by atoms with Crippen molar-refractivity contribution in [2.24, 2.45) is 11.3 Å². The highest BCUT2D eigenvalue weighted by atomic mass is 16.5. The smallest absolute Gasteiger partial charge is 0.0944 e. The van der Waals surface area contributed by atoms with Crippen LogP contribution in [-0.2, 0) is 9.47 Å². The molecule has 1 saturated heterocycles. The first-order valence-electron chi connectivity index (χ1n) is 7.89. The summed E-state index contributed by atoms with van der Waals surface area (Å²) < 4.78 is 11.6. The molecule has 1 N–H and O–H groups in total. The van der Waals surface area contributed by atoms with Crippen molar-refractivity contribution in [3.8, 4) is 0 Å². The minimum atomic E-state index is -0.371. The molecule has 2 fully saturated rings. The van der Waals surface area contributed by atoms with Gasteiger partial charge in [-0.25, -0.2) is 0 Å². The summed E-state index contributed by atoms with van der Waals surface area (Å²) in [4.78, 5) is 0. The van der Waals surface area contributed by atoms with E-state index >= 15 is 0 Å². The Balaban J connectivity index is 2.05. The third kappa shape index (κ3) is 3.50. The van der Waals surface area contributed by atoms with Gasteiger partial charge in [0, 0.05) is 19.1 Å². The Labute approximate surface area is 117 Å². The minimum Gasteiger partial charge on any atom is -0.390 e. The predicted octanol–water partition coefficient (Wildman–Crippen LogP) is 3.15. The van der Waals surface area contributed by atoms with Gasteiger partial charge in [0.1, 0.15) is 0 Å². The second-order valence-electron chi connectivity index (χ2n) is 7.08. The maximum absolute atomic E-state index is 10.8. The van der Waals surface area contributed by atoms with Crippen LogP contribution >= 0.6 is 0 Å². The Hall–Kier alpha value is -0.120. The van der Waals surface area contributed by atoms with Crippen molar-refractivity contribution >= 4 is 0 Å². The van der Waals surface area contributed by atoms with Gasteiger partial charge in [-0.1, -0.05) is 13.8 Å². The van der Waals surface area contributed by atoms with E-state index in [1.54, 1.807) is 0 Å². The van der Waals surface area contributed by atoms with Crippen molar-refractivity contribution in [3.63, 3.8) is 0 Å². The SMILES string of the molecule is CCOC1(C(O)C2CCCOC2)CCC(C)(C)CC1. The number of hydrogen-bond donors (Lipinski definition) is 1. The highest BCUT2D eigenvalue weighted by Crippen LogP contribution is 2.45. The van der Waals surface area contributed by atoms with Crippen LogP contribution in [0.4, 0.5) is 0 Å². The highest BCUT2D eigenvalue weighted by molar-refractivity contribution is 4.98. The van der Waals surface area contributed by atoms with Gasteiger partial charge in [0.25, 0.3) is 0 Å². The molecule has 0 bridgehead atoms. The van der Waals surface area contributed by atoms with Crippen LogP contribution in [0.25, 0.3) is 0 Å². The molecule has 0 aromatic heterocycles. The van der Waals surface area contributed by atoms with Crippen molar-refractivity contribution in [2.45, 2.75) is 71.0 Å². The summed E-state index contributed by atoms with van der Waals surface area (Å²) in [7, 11) is 0. The molecule has 3 heteroatoms. The molecule has 1 aliphatic carbocycles. The van der Waals surface area contributed by atoms with E-state index < -0.39 is 0 Å². The second kappa shape index (κ2) is 6.11. The first kappa shape index (κ1) is 15.3. The van der Waals surface area contributed by atoms with E-state index in [0.717, 1.165) is 45.1 Å². The molecule has 0 aromatic rings. The van der Waals surface area contributed by atoms with Crippen molar-refractivity contribution in [2.75, 3.05) is 19.8 Å². The molecule has 3 nitrogen and oxygen atoms in total. The second-order valence-corrected chi connectivity index (χ2v) is 7.08. The molecule has 2 atom stereocenters. The fourth-order valence-electron chi connectivity index (χ4n) is 3.61. The number of aliphatic hydroxyl groups is 1. The zero-order valence-corrected chi connectivity index (χ0v) is 12.8. The van der Waals surface area contributed by atoms with E-state index in [9.17, 15) is 5.11 Å². The van der Waals surface area contributed by atoms with Crippen LogP contribution in [0.15, 0.2) is 0 Å². The van der Waals surface area contributed by atoms with E-state index in [4.69, 9.17) is 9.47 Å². The van der Waals surface area contributed by atoms with Crippen molar-refractivity contribution in [3.05, 3.63) is 0 Å². The summed E-state index contributed by atoms with van der Waals surface area (Å²) in [5, 5.41) is 10.8. The van der Waals surface area contributed by atoms with Crippen LogP contribution < -0.4 is 0 Å². The third-order valence-corrected chi connectivity index (χ3v) is 5.06. The molecule has 0 amide bonds. The molecule has 0 aromatic carbocycles. The van der Waals surface area contributed by atoms with Crippen LogP contribution in [0, 0.1) is 11.3 Å². The topological polar surface area (TPSA) is 38.7 Å². The molecule has 1 heterocycles. The molecule has 2 rings (SSSR count). The van der Waals surface area contributed by atoms with E-state index in [-0.39, 0.29) is 17.6 Å². The first-order chi connectivity index (χ1) is 8.99. The van der Waals surface area contributed by atoms with Crippen LogP contribution in [0.1, 0.15) is 59.3 Å². The van der Waals surface area contributed by atoms with Gasteiger partial charge in [-0.15, -0.1) is 0 Å². The quantitative estimate of drug-likeness (QED) is 0.853. The molecule has 112 valence electrons. The lowest BCUT2D eigenvalue weighted by Crippen LogP contribution is -2.53. The molecule has 0 radical (unpaired) electrons. The summed E-state index contributed by atoms with van der Waals surface area (Å²) in [6.07, 6.45) is 5.99. The lowest BCUT2D eigenvalue weighted by atomic mass is 9.67. The number of aliphatic hydroxyl groups excluding tert-OH is 1. The van der Waals surface area contributed by atoms with E-state index in [2.05, 4.69) is 13.8 Å². The maximum Gasteiger partial charge on any atom is 0.0944 e. The number of hydrogen-bond acceptors (Lipinski definition) is 3. The van der Waals surface area contributed by atoms with Gasteiger partial charge in [0.2, 0.25) is 0 Å². The standard InChI is InChI=1S/C16H30O3/c1-4-19-16(9-7-15(2,3)8-10-16)14(17)13-6-5-11-18-12-13/h13-14,17H,4-12H2,1-3H3. The van der Waals surface area contributed by atoms with Gasteiger partial charge in [-0.3, -0.25) is 0 Å². The average molecular weight is 270 g/mol. The summed E-state index contributed by atoms with van der Waals surface area (Å²) in [5.74, 6) is 0.251. The van der Waals surface area contributed by atoms with E-state index in [1.807, 2.05) is 6.92 Å². The van der Waals surface area contributed by atoms with Crippen LogP contribution in [-0.4, -0.2) is 36.6 Å². The molecule has 2 unspecified atom stereocenters. The normalized spacial score (nSPS) is 31.9. The van der Waals surface area contributed by atoms with Crippen molar-refractivity contribution in [1.82, 2.24) is 0 Å². The monoisotopic (exact) mass is 270 g/mol. The zero-order chi connectivity index (χ0) is 13.9. The van der Waals surface area contributed by atoms with Gasteiger partial charge >= 0.3 is 0 Å². The average Bonchev–Trinajstić information content (AvgIpc) is 2.42. The third-order valence-electron chi connectivity index (χ3n) is 5.06. The maximum atomic E-state index is 10.8. The Bertz CT molecular complexity index is 272. The predicted molar refractivity (Wildman–Crippen MR) is 76.2 cm³/mol. The Morgan fingerprint density at radius 2 is 1.95 bits per heavy atom. The van der Waals surface area contributed by atoms with Crippen molar-refractivity contribution < 1.29 is 14.6 Å². The largest absolute Gasteiger partial charge is 0.390 e. The lowest BCUT2D eigenvalue weighted by Gasteiger charge is -2.48. The molecule has 19 heavy (non-hydrogen) atoms. The van der Waals surface area contributed by atoms with Crippen LogP contribution in [0.3, 0.4) is 0 Å². The van der Waals surface area contributed by atoms with Crippen LogP contribution in [0.5, 0.6) is 0 Å². The summed E-state index contributed by atoms with van der Waals surface area (Å²) >= 11 is 0. The fraction of sp³-hybridized carbons (Fsp3) is 1.00. The van der Waals surface area contributed by atoms with Crippen LogP contribution in [0.2, 0.25) is 0 Å². The molecule has 2 aliphatic rings. The van der Waals surface area contributed by atoms with Gasteiger partial charge in [-0.2, -0.15) is 0 Å². The zero-order valence-electron chi connectivity index (χ0n) is 12.8. The summed E-state index contributed by atoms with van der Waals surface area (Å²) in [6.45, 7) is 8.89. The van der Waals surface area contributed by atoms with Gasteiger partial charge < -0.3 is 14.6 Å². The van der Waals surface area contributed by atoms with E-state index in [0.29, 0.717) is 18.6 Å². The number of ether oxygens (including phenoxy) is 2. The lowest BCUT2D eigenvalue weighted by molar-refractivity contribution is -0.179. The summed E-state index contributed by atoms with van der Waals surface area (Å²) in [5.41, 5.74) is 0.0685.